The molecule has 3 aromatic carbocycles. The van der Waals surface area contributed by atoms with Crippen LogP contribution in [0.25, 0.3) is 22.0 Å². The number of aromatic amines is 1. The van der Waals surface area contributed by atoms with E-state index >= 15 is 0 Å². The van der Waals surface area contributed by atoms with Gasteiger partial charge < -0.3 is 15.4 Å². The van der Waals surface area contributed by atoms with E-state index in [1.54, 1.807) is 24.4 Å². The summed E-state index contributed by atoms with van der Waals surface area (Å²) in [6.45, 7) is 0.940. The number of ketones is 1. The molecule has 1 unspecified atom stereocenters. The summed E-state index contributed by atoms with van der Waals surface area (Å²) in [4.78, 5) is 21.4. The van der Waals surface area contributed by atoms with Crippen LogP contribution < -0.4 is 5.32 Å². The summed E-state index contributed by atoms with van der Waals surface area (Å²) in [6.07, 6.45) is 4.46. The number of aliphatic hydroxyl groups excluding tert-OH is 1. The van der Waals surface area contributed by atoms with Crippen LogP contribution in [0.3, 0.4) is 0 Å². The summed E-state index contributed by atoms with van der Waals surface area (Å²) in [5.41, 5.74) is 6.24. The van der Waals surface area contributed by atoms with Gasteiger partial charge in [-0.3, -0.25) is 4.79 Å². The van der Waals surface area contributed by atoms with Gasteiger partial charge in [0.2, 0.25) is 0 Å². The molecule has 0 amide bonds. The highest BCUT2D eigenvalue weighted by Gasteiger charge is 2.24. The predicted molar refractivity (Wildman–Crippen MR) is 146 cm³/mol. The third-order valence-corrected chi connectivity index (χ3v) is 6.76. The number of H-pyrrole nitrogens is 1. The molecule has 5 heteroatoms. The van der Waals surface area contributed by atoms with Gasteiger partial charge in [-0.15, -0.1) is 0 Å². The molecule has 1 aliphatic heterocycles. The number of nitrogens with one attached hydrogen (secondary N) is 2. The highest BCUT2D eigenvalue weighted by Crippen LogP contribution is 2.33. The van der Waals surface area contributed by atoms with E-state index in [1.807, 2.05) is 60.8 Å². The minimum Gasteiger partial charge on any atom is -0.380 e. The van der Waals surface area contributed by atoms with Crippen LogP contribution in [0.1, 0.15) is 45.1 Å². The number of nitrogens with zero attached hydrogens (tertiary/aromatic N) is 1. The van der Waals surface area contributed by atoms with Crippen molar-refractivity contribution in [1.82, 2.24) is 9.97 Å². The Morgan fingerprint density at radius 2 is 1.86 bits per heavy atom. The zero-order valence-corrected chi connectivity index (χ0v) is 20.2. The number of Topliss-reactive ketones (excluding diaryl/α,β-unsaturated/α-hetero) is 1. The number of aliphatic hydroxyl groups is 1. The molecule has 0 saturated carbocycles. The Bertz CT molecular complexity index is 1680. The van der Waals surface area contributed by atoms with Gasteiger partial charge >= 0.3 is 0 Å². The summed E-state index contributed by atoms with van der Waals surface area (Å²) in [6, 6.07) is 24.6. The Morgan fingerprint density at radius 3 is 2.76 bits per heavy atom. The summed E-state index contributed by atoms with van der Waals surface area (Å²) in [5.74, 6) is 7.12. The van der Waals surface area contributed by atoms with Crippen molar-refractivity contribution in [3.05, 3.63) is 119 Å². The highest BCUT2D eigenvalue weighted by molar-refractivity contribution is 6.07. The fourth-order valence-electron chi connectivity index (χ4n) is 4.86. The average Bonchev–Trinajstić information content (AvgIpc) is 3.43. The van der Waals surface area contributed by atoms with E-state index in [9.17, 15) is 9.90 Å². The second-order valence-electron chi connectivity index (χ2n) is 9.20. The zero-order valence-electron chi connectivity index (χ0n) is 20.2. The Morgan fingerprint density at radius 1 is 0.973 bits per heavy atom. The molecule has 3 N–H and O–H groups in total. The van der Waals surface area contributed by atoms with Crippen LogP contribution in [0.15, 0.2) is 91.3 Å². The molecule has 5 aromatic rings. The molecule has 0 radical (unpaired) electrons. The highest BCUT2D eigenvalue weighted by atomic mass is 16.3. The fraction of sp³-hybridized carbons (Fsp3) is 0.125. The Hall–Kier alpha value is -4.66. The second-order valence-corrected chi connectivity index (χ2v) is 9.20. The van der Waals surface area contributed by atoms with E-state index in [4.69, 9.17) is 0 Å². The first-order valence-electron chi connectivity index (χ1n) is 12.4. The number of anilines is 1. The van der Waals surface area contributed by atoms with Gasteiger partial charge in [0.25, 0.3) is 0 Å². The van der Waals surface area contributed by atoms with Crippen molar-refractivity contribution < 1.29 is 9.90 Å². The van der Waals surface area contributed by atoms with E-state index in [0.717, 1.165) is 47.2 Å². The van der Waals surface area contributed by atoms with Crippen molar-refractivity contribution in [3.63, 3.8) is 0 Å². The molecule has 5 nitrogen and oxygen atoms in total. The number of aromatic nitrogens is 2. The minimum atomic E-state index is -1.27. The standard InChI is InChI=1S/C32H25N3O2/c36-30(24-6-2-1-3-7-24)31(37)27-10-4-8-23(29(27)25-14-13-22-15-17-33-28(22)19-25)12-11-21-18-26-9-5-16-34-32(26)35-20-21/h1-4,6-8,10,13-15,17-20,30,33,36H,5,9,16H2,(H,34,35). The van der Waals surface area contributed by atoms with Gasteiger partial charge in [-0.1, -0.05) is 66.4 Å². The number of benzene rings is 3. The van der Waals surface area contributed by atoms with E-state index in [-0.39, 0.29) is 5.78 Å². The average molecular weight is 484 g/mol. The quantitative estimate of drug-likeness (QED) is 0.220. The Kier molecular flexibility index (Phi) is 6.02. The Balaban J connectivity index is 1.47. The first kappa shape index (κ1) is 22.8. The Labute approximate surface area is 215 Å². The van der Waals surface area contributed by atoms with Crippen molar-refractivity contribution >= 4 is 22.5 Å². The number of aryl methyl sites for hydroxylation is 1. The van der Waals surface area contributed by atoms with Gasteiger partial charge in [0, 0.05) is 46.7 Å². The number of hydrogen-bond acceptors (Lipinski definition) is 4. The van der Waals surface area contributed by atoms with Crippen LogP contribution in [-0.4, -0.2) is 27.4 Å². The van der Waals surface area contributed by atoms with Crippen molar-refractivity contribution in [2.75, 3.05) is 11.9 Å². The van der Waals surface area contributed by atoms with Gasteiger partial charge in [0.05, 0.1) is 0 Å². The van der Waals surface area contributed by atoms with Crippen LogP contribution >= 0.6 is 0 Å². The third-order valence-electron chi connectivity index (χ3n) is 6.76. The SMILES string of the molecule is O=C(c1cccc(C#Cc2cnc3c(c2)CCCN3)c1-c1ccc2cc[nH]c2c1)C(O)c1ccccc1. The molecular weight excluding hydrogens is 458 g/mol. The topological polar surface area (TPSA) is 78.0 Å². The van der Waals surface area contributed by atoms with Crippen LogP contribution in [0, 0.1) is 11.8 Å². The molecule has 6 rings (SSSR count). The molecule has 37 heavy (non-hydrogen) atoms. The molecule has 2 aromatic heterocycles. The van der Waals surface area contributed by atoms with Gasteiger partial charge in [-0.25, -0.2) is 4.98 Å². The van der Waals surface area contributed by atoms with Gasteiger partial charge in [-0.2, -0.15) is 0 Å². The molecule has 1 atom stereocenters. The van der Waals surface area contributed by atoms with Crippen LogP contribution in [0.5, 0.6) is 0 Å². The van der Waals surface area contributed by atoms with E-state index in [1.165, 1.54) is 5.56 Å². The summed E-state index contributed by atoms with van der Waals surface area (Å²) < 4.78 is 0. The van der Waals surface area contributed by atoms with E-state index in [2.05, 4.69) is 33.2 Å². The molecule has 0 aliphatic carbocycles. The monoisotopic (exact) mass is 483 g/mol. The van der Waals surface area contributed by atoms with E-state index in [0.29, 0.717) is 22.3 Å². The van der Waals surface area contributed by atoms with E-state index < -0.39 is 6.10 Å². The first-order chi connectivity index (χ1) is 18.2. The minimum absolute atomic E-state index is 0.363. The normalized spacial score (nSPS) is 13.2. The van der Waals surface area contributed by atoms with Crippen molar-refractivity contribution in [2.45, 2.75) is 18.9 Å². The molecule has 0 fully saturated rings. The molecule has 0 bridgehead atoms. The summed E-state index contributed by atoms with van der Waals surface area (Å²) in [7, 11) is 0. The second kappa shape index (κ2) is 9.77. The smallest absolute Gasteiger partial charge is 0.196 e. The maximum atomic E-state index is 13.6. The number of carbonyl (C=O) groups is 1. The summed E-state index contributed by atoms with van der Waals surface area (Å²) in [5, 5.41) is 15.4. The molecule has 180 valence electrons. The lowest BCUT2D eigenvalue weighted by Gasteiger charge is -2.16. The van der Waals surface area contributed by atoms with Crippen LogP contribution in [0.2, 0.25) is 0 Å². The molecule has 0 spiro atoms. The lowest BCUT2D eigenvalue weighted by atomic mass is 9.89. The third kappa shape index (κ3) is 4.51. The lowest BCUT2D eigenvalue weighted by Crippen LogP contribution is -2.14. The maximum Gasteiger partial charge on any atom is 0.196 e. The van der Waals surface area contributed by atoms with Crippen molar-refractivity contribution in [3.8, 4) is 23.0 Å². The number of hydrogen-bond donors (Lipinski definition) is 3. The number of rotatable bonds is 4. The lowest BCUT2D eigenvalue weighted by molar-refractivity contribution is 0.0748. The van der Waals surface area contributed by atoms with Crippen molar-refractivity contribution in [1.29, 1.82) is 0 Å². The van der Waals surface area contributed by atoms with Crippen LogP contribution in [0.4, 0.5) is 5.82 Å². The fourth-order valence-corrected chi connectivity index (χ4v) is 4.86. The molecule has 3 heterocycles. The maximum absolute atomic E-state index is 13.6. The largest absolute Gasteiger partial charge is 0.380 e. The number of fused-ring (bicyclic) bond motifs is 2. The summed E-state index contributed by atoms with van der Waals surface area (Å²) >= 11 is 0. The van der Waals surface area contributed by atoms with Gasteiger partial charge in [0.1, 0.15) is 11.9 Å². The molecular formula is C32H25N3O2. The van der Waals surface area contributed by atoms with Crippen molar-refractivity contribution in [2.24, 2.45) is 0 Å². The first-order valence-corrected chi connectivity index (χ1v) is 12.4. The molecule has 0 saturated heterocycles. The van der Waals surface area contributed by atoms with Gasteiger partial charge in [-0.05, 0) is 59.2 Å². The predicted octanol–water partition coefficient (Wildman–Crippen LogP) is 5.90. The van der Waals surface area contributed by atoms with Crippen LogP contribution in [-0.2, 0) is 6.42 Å². The number of pyridine rings is 1. The number of carbonyl (C=O) groups excluding carboxylic acids is 1. The van der Waals surface area contributed by atoms with Gasteiger partial charge in [0.15, 0.2) is 5.78 Å². The molecule has 1 aliphatic rings. The zero-order chi connectivity index (χ0) is 25.2.